The number of aryl methyl sites for hydroxylation is 2. The summed E-state index contributed by atoms with van der Waals surface area (Å²) in [4.78, 5) is 30.0. The minimum atomic E-state index is -0.346. The number of rotatable bonds is 13. The highest BCUT2D eigenvalue weighted by molar-refractivity contribution is 5.93. The average Bonchev–Trinajstić information content (AvgIpc) is 3.31. The molecule has 0 bridgehead atoms. The summed E-state index contributed by atoms with van der Waals surface area (Å²) in [5, 5.41) is 2.97. The van der Waals surface area contributed by atoms with Gasteiger partial charge in [-0.05, 0) is 68.1 Å². The lowest BCUT2D eigenvalue weighted by Crippen LogP contribution is -2.44. The van der Waals surface area contributed by atoms with Crippen LogP contribution in [0.15, 0.2) is 65.1 Å². The Morgan fingerprint density at radius 1 is 0.973 bits per heavy atom. The highest BCUT2D eigenvalue weighted by atomic mass is 19.1. The molecule has 1 heterocycles. The maximum absolute atomic E-state index is 13.6. The monoisotopic (exact) mass is 509 g/mol. The second kappa shape index (κ2) is 14.2. The van der Waals surface area contributed by atoms with E-state index in [0.717, 1.165) is 29.0 Å². The van der Waals surface area contributed by atoms with Crippen molar-refractivity contribution < 1.29 is 23.1 Å². The molecule has 2 aromatic carbocycles. The Labute approximate surface area is 218 Å². The smallest absolute Gasteiger partial charge is 0.322 e. The Hall–Kier alpha value is -3.65. The molecular weight excluding hydrogens is 473 g/mol. The molecule has 1 N–H and O–H groups in total. The number of amides is 3. The quantitative estimate of drug-likeness (QED) is 0.297. The zero-order valence-electron chi connectivity index (χ0n) is 21.8. The number of benzene rings is 2. The third kappa shape index (κ3) is 8.75. The van der Waals surface area contributed by atoms with Crippen molar-refractivity contribution in [3.63, 3.8) is 0 Å². The van der Waals surface area contributed by atoms with Gasteiger partial charge in [-0.2, -0.15) is 0 Å². The van der Waals surface area contributed by atoms with Crippen LogP contribution >= 0.6 is 0 Å². The molecule has 7 nitrogen and oxygen atoms in total. The van der Waals surface area contributed by atoms with E-state index in [2.05, 4.69) is 5.32 Å². The summed E-state index contributed by atoms with van der Waals surface area (Å²) >= 11 is 0. The molecule has 0 atom stereocenters. The summed E-state index contributed by atoms with van der Waals surface area (Å²) in [7, 11) is 0. The third-order valence-corrected chi connectivity index (χ3v) is 5.96. The van der Waals surface area contributed by atoms with E-state index in [9.17, 15) is 14.0 Å². The van der Waals surface area contributed by atoms with Crippen LogP contribution in [0.1, 0.15) is 42.9 Å². The van der Waals surface area contributed by atoms with Crippen molar-refractivity contribution in [3.05, 3.63) is 89.1 Å². The first kappa shape index (κ1) is 27.9. The predicted molar refractivity (Wildman–Crippen MR) is 142 cm³/mol. The van der Waals surface area contributed by atoms with Gasteiger partial charge in [-0.1, -0.05) is 37.3 Å². The number of para-hydroxylation sites is 1. The average molecular weight is 510 g/mol. The molecule has 0 aliphatic rings. The van der Waals surface area contributed by atoms with Gasteiger partial charge < -0.3 is 24.3 Å². The maximum Gasteiger partial charge on any atom is 0.322 e. The van der Waals surface area contributed by atoms with Crippen LogP contribution in [0.3, 0.4) is 0 Å². The molecule has 0 saturated carbocycles. The van der Waals surface area contributed by atoms with Crippen LogP contribution in [-0.4, -0.2) is 48.0 Å². The van der Waals surface area contributed by atoms with Gasteiger partial charge in [-0.15, -0.1) is 0 Å². The van der Waals surface area contributed by atoms with Crippen molar-refractivity contribution in [1.82, 2.24) is 9.80 Å². The predicted octanol–water partition coefficient (Wildman–Crippen LogP) is 5.78. The molecule has 0 unspecified atom stereocenters. The van der Waals surface area contributed by atoms with Gasteiger partial charge in [0, 0.05) is 32.0 Å². The Morgan fingerprint density at radius 3 is 2.41 bits per heavy atom. The molecule has 8 heteroatoms. The van der Waals surface area contributed by atoms with Crippen molar-refractivity contribution in [3.8, 4) is 0 Å². The molecule has 0 saturated heterocycles. The number of halogens is 1. The van der Waals surface area contributed by atoms with Crippen LogP contribution in [0.5, 0.6) is 0 Å². The van der Waals surface area contributed by atoms with Gasteiger partial charge in [-0.25, -0.2) is 9.18 Å². The van der Waals surface area contributed by atoms with Gasteiger partial charge in [0.1, 0.15) is 23.9 Å². The van der Waals surface area contributed by atoms with Gasteiger partial charge in [0.05, 0.1) is 6.54 Å². The van der Waals surface area contributed by atoms with Gasteiger partial charge in [0.2, 0.25) is 5.91 Å². The van der Waals surface area contributed by atoms with E-state index in [1.54, 1.807) is 17.0 Å². The number of carbonyl (C=O) groups excluding carboxylic acids is 2. The summed E-state index contributed by atoms with van der Waals surface area (Å²) in [5.74, 6) is 0.800. The number of hydrogen-bond donors (Lipinski definition) is 1. The fraction of sp³-hybridized carbons (Fsp3) is 0.379. The number of nitrogens with one attached hydrogen (secondary N) is 1. The van der Waals surface area contributed by atoms with Crippen LogP contribution < -0.4 is 5.32 Å². The number of urea groups is 1. The zero-order chi connectivity index (χ0) is 26.6. The van der Waals surface area contributed by atoms with Crippen molar-refractivity contribution in [2.75, 3.05) is 31.6 Å². The van der Waals surface area contributed by atoms with Crippen LogP contribution in [0, 0.1) is 12.7 Å². The van der Waals surface area contributed by atoms with Crippen LogP contribution in [0.25, 0.3) is 0 Å². The van der Waals surface area contributed by atoms with E-state index in [4.69, 9.17) is 9.15 Å². The van der Waals surface area contributed by atoms with Crippen LogP contribution in [0.2, 0.25) is 0 Å². The number of anilines is 1. The first-order valence-corrected chi connectivity index (χ1v) is 12.7. The number of furan rings is 1. The minimum Gasteiger partial charge on any atom is -0.464 e. The largest absolute Gasteiger partial charge is 0.464 e. The van der Waals surface area contributed by atoms with Crippen LogP contribution in [0.4, 0.5) is 14.9 Å². The van der Waals surface area contributed by atoms with Gasteiger partial charge >= 0.3 is 6.03 Å². The number of hydrogen-bond acceptors (Lipinski definition) is 4. The van der Waals surface area contributed by atoms with E-state index in [0.29, 0.717) is 31.9 Å². The SMILES string of the molecule is CCOCCCN(CC(=O)N(Cc1ccc(F)cc1)Cc1ccc(C)o1)C(=O)Nc1ccccc1CC. The van der Waals surface area contributed by atoms with Gasteiger partial charge in [0.15, 0.2) is 0 Å². The van der Waals surface area contributed by atoms with E-state index in [1.165, 1.54) is 17.0 Å². The molecule has 0 spiro atoms. The summed E-state index contributed by atoms with van der Waals surface area (Å²) in [6.07, 6.45) is 1.37. The molecule has 3 amide bonds. The van der Waals surface area contributed by atoms with E-state index in [1.807, 2.05) is 57.2 Å². The number of ether oxygens (including phenoxy) is 1. The molecular formula is C29H36FN3O4. The summed E-state index contributed by atoms with van der Waals surface area (Å²) in [6, 6.07) is 17.0. The summed E-state index contributed by atoms with van der Waals surface area (Å²) < 4.78 is 24.6. The number of carbonyl (C=O) groups is 2. The highest BCUT2D eigenvalue weighted by Gasteiger charge is 2.23. The van der Waals surface area contributed by atoms with Gasteiger partial charge in [0.25, 0.3) is 0 Å². The lowest BCUT2D eigenvalue weighted by molar-refractivity contribution is -0.133. The van der Waals surface area contributed by atoms with Crippen molar-refractivity contribution in [2.45, 2.75) is 46.7 Å². The van der Waals surface area contributed by atoms with E-state index in [-0.39, 0.29) is 37.4 Å². The molecule has 3 aromatic rings. The minimum absolute atomic E-state index is 0.118. The normalized spacial score (nSPS) is 10.8. The standard InChI is InChI=1S/C29H36FN3O4/c1-4-24-9-6-7-10-27(24)31-29(35)32(17-8-18-36-5-2)21-28(34)33(20-26-16-11-22(3)37-26)19-23-12-14-25(30)15-13-23/h6-7,9-16H,4-5,8,17-21H2,1-3H3,(H,31,35). The van der Waals surface area contributed by atoms with E-state index < -0.39 is 0 Å². The molecule has 1 aromatic heterocycles. The first-order valence-electron chi connectivity index (χ1n) is 12.7. The van der Waals surface area contributed by atoms with Crippen molar-refractivity contribution >= 4 is 17.6 Å². The fourth-order valence-corrected chi connectivity index (χ4v) is 3.96. The summed E-state index contributed by atoms with van der Waals surface area (Å²) in [6.45, 7) is 7.59. The fourth-order valence-electron chi connectivity index (χ4n) is 3.96. The molecule has 0 fully saturated rings. The lowest BCUT2D eigenvalue weighted by Gasteiger charge is -2.28. The van der Waals surface area contributed by atoms with Crippen molar-refractivity contribution in [1.29, 1.82) is 0 Å². The second-order valence-corrected chi connectivity index (χ2v) is 8.80. The van der Waals surface area contributed by atoms with Crippen molar-refractivity contribution in [2.24, 2.45) is 0 Å². The Balaban J connectivity index is 1.78. The van der Waals surface area contributed by atoms with E-state index >= 15 is 0 Å². The molecule has 0 aliphatic heterocycles. The molecule has 0 radical (unpaired) electrons. The highest BCUT2D eigenvalue weighted by Crippen LogP contribution is 2.17. The zero-order valence-corrected chi connectivity index (χ0v) is 21.8. The summed E-state index contributed by atoms with van der Waals surface area (Å²) in [5.41, 5.74) is 2.52. The second-order valence-electron chi connectivity index (χ2n) is 8.80. The molecule has 3 rings (SSSR count). The maximum atomic E-state index is 13.6. The Morgan fingerprint density at radius 2 is 1.73 bits per heavy atom. The molecule has 37 heavy (non-hydrogen) atoms. The van der Waals surface area contributed by atoms with Gasteiger partial charge in [-0.3, -0.25) is 4.79 Å². The number of nitrogens with zero attached hydrogens (tertiary/aromatic N) is 2. The topological polar surface area (TPSA) is 75.0 Å². The molecule has 198 valence electrons. The Bertz CT molecular complexity index is 1150. The first-order chi connectivity index (χ1) is 17.9. The lowest BCUT2D eigenvalue weighted by atomic mass is 10.1. The Kier molecular flexibility index (Phi) is 10.7. The molecule has 0 aliphatic carbocycles. The van der Waals surface area contributed by atoms with Crippen LogP contribution in [-0.2, 0) is 29.0 Å². The third-order valence-electron chi connectivity index (χ3n) is 5.96.